The molecule has 1 aliphatic rings. The van der Waals surface area contributed by atoms with Crippen molar-refractivity contribution in [2.75, 3.05) is 0 Å². The molecule has 0 amide bonds. The maximum atomic E-state index is 5.85. The molecule has 1 aliphatic heterocycles. The fourth-order valence-electron chi connectivity index (χ4n) is 1.93. The van der Waals surface area contributed by atoms with Gasteiger partial charge in [0.2, 0.25) is 0 Å². The van der Waals surface area contributed by atoms with Gasteiger partial charge in [0.05, 0.1) is 6.61 Å². The maximum absolute atomic E-state index is 5.85. The highest BCUT2D eigenvalue weighted by Gasteiger charge is 2.30. The summed E-state index contributed by atoms with van der Waals surface area (Å²) in [6.45, 7) is 2.47. The van der Waals surface area contributed by atoms with Crippen LogP contribution in [0.5, 0.6) is 0 Å². The molecule has 0 radical (unpaired) electrons. The Hall–Kier alpha value is -1.32. The first-order valence-corrected chi connectivity index (χ1v) is 5.45. The van der Waals surface area contributed by atoms with Crippen molar-refractivity contribution in [2.24, 2.45) is 0 Å². The fraction of sp³-hybridized carbons (Fsp3) is 0.250. The Bertz CT molecular complexity index is 518. The van der Waals surface area contributed by atoms with Crippen LogP contribution in [0.15, 0.2) is 28.8 Å². The lowest BCUT2D eigenvalue weighted by Gasteiger charge is -2.08. The van der Waals surface area contributed by atoms with E-state index in [1.54, 1.807) is 0 Å². The number of benzene rings is 1. The molecule has 82 valence electrons. The molecule has 1 aromatic heterocycles. The van der Waals surface area contributed by atoms with Crippen molar-refractivity contribution in [1.29, 1.82) is 0 Å². The molecule has 1 atom stereocenters. The first-order chi connectivity index (χ1) is 7.75. The number of fused-ring (bicyclic) bond motifs is 1. The molecule has 0 spiro atoms. The minimum absolute atomic E-state index is 0.121. The van der Waals surface area contributed by atoms with Crippen LogP contribution in [0.3, 0.4) is 0 Å². The summed E-state index contributed by atoms with van der Waals surface area (Å²) in [4.78, 5) is 0. The first kappa shape index (κ1) is 9.87. The predicted octanol–water partition coefficient (Wildman–Crippen LogP) is 3.26. The van der Waals surface area contributed by atoms with Crippen LogP contribution in [-0.2, 0) is 11.3 Å². The summed E-state index contributed by atoms with van der Waals surface area (Å²) in [5.41, 5.74) is 3.01. The highest BCUT2D eigenvalue weighted by Crippen LogP contribution is 2.36. The molecular weight excluding hydrogens is 226 g/mol. The van der Waals surface area contributed by atoms with Gasteiger partial charge in [-0.3, -0.25) is 0 Å². The predicted molar refractivity (Wildman–Crippen MR) is 59.3 cm³/mol. The van der Waals surface area contributed by atoms with Gasteiger partial charge in [-0.2, -0.15) is 0 Å². The minimum atomic E-state index is -0.121. The van der Waals surface area contributed by atoms with E-state index in [-0.39, 0.29) is 6.10 Å². The van der Waals surface area contributed by atoms with Gasteiger partial charge >= 0.3 is 0 Å². The van der Waals surface area contributed by atoms with Crippen molar-refractivity contribution < 1.29 is 9.26 Å². The van der Waals surface area contributed by atoms with E-state index in [0.717, 1.165) is 27.6 Å². The number of halogens is 1. The quantitative estimate of drug-likeness (QED) is 0.761. The largest absolute Gasteiger partial charge is 0.362 e. The lowest BCUT2D eigenvalue weighted by molar-refractivity contribution is 0.0855. The molecule has 0 N–H and O–H groups in total. The SMILES string of the molecule is Cc1onc2c1COC2c1ccc(Cl)cc1. The molecule has 1 aromatic carbocycles. The van der Waals surface area contributed by atoms with Crippen molar-refractivity contribution in [2.45, 2.75) is 19.6 Å². The maximum Gasteiger partial charge on any atom is 0.139 e. The van der Waals surface area contributed by atoms with E-state index in [0.29, 0.717) is 6.61 Å². The summed E-state index contributed by atoms with van der Waals surface area (Å²) in [6.07, 6.45) is -0.121. The molecule has 0 saturated heterocycles. The van der Waals surface area contributed by atoms with Crippen LogP contribution < -0.4 is 0 Å². The molecule has 0 saturated carbocycles. The minimum Gasteiger partial charge on any atom is -0.362 e. The van der Waals surface area contributed by atoms with E-state index >= 15 is 0 Å². The summed E-state index contributed by atoms with van der Waals surface area (Å²) in [5.74, 6) is 0.839. The topological polar surface area (TPSA) is 35.3 Å². The number of nitrogens with zero attached hydrogens (tertiary/aromatic N) is 1. The number of aromatic nitrogens is 1. The molecule has 16 heavy (non-hydrogen) atoms. The van der Waals surface area contributed by atoms with E-state index < -0.39 is 0 Å². The molecular formula is C12H10ClNO2. The van der Waals surface area contributed by atoms with Crippen LogP contribution in [0, 0.1) is 6.92 Å². The van der Waals surface area contributed by atoms with E-state index in [4.69, 9.17) is 20.9 Å². The Morgan fingerprint density at radius 3 is 2.81 bits per heavy atom. The molecule has 0 aliphatic carbocycles. The zero-order chi connectivity index (χ0) is 11.1. The van der Waals surface area contributed by atoms with Crippen LogP contribution in [0.1, 0.15) is 28.7 Å². The Balaban J connectivity index is 2.01. The van der Waals surface area contributed by atoms with E-state index in [1.165, 1.54) is 0 Å². The van der Waals surface area contributed by atoms with Crippen LogP contribution in [0.2, 0.25) is 5.02 Å². The van der Waals surface area contributed by atoms with Crippen molar-refractivity contribution >= 4 is 11.6 Å². The second-order valence-corrected chi connectivity index (χ2v) is 4.28. The lowest BCUT2D eigenvalue weighted by Crippen LogP contribution is -1.98. The molecule has 1 unspecified atom stereocenters. The molecule has 4 heteroatoms. The normalized spacial score (nSPS) is 18.8. The van der Waals surface area contributed by atoms with Gasteiger partial charge in [-0.1, -0.05) is 28.9 Å². The zero-order valence-electron chi connectivity index (χ0n) is 8.74. The van der Waals surface area contributed by atoms with Gasteiger partial charge in [0.15, 0.2) is 0 Å². The number of rotatable bonds is 1. The van der Waals surface area contributed by atoms with Gasteiger partial charge < -0.3 is 9.26 Å². The highest BCUT2D eigenvalue weighted by atomic mass is 35.5. The van der Waals surface area contributed by atoms with Crippen LogP contribution in [0.4, 0.5) is 0 Å². The average Bonchev–Trinajstić information content (AvgIpc) is 2.84. The van der Waals surface area contributed by atoms with Gasteiger partial charge in [-0.25, -0.2) is 0 Å². The second-order valence-electron chi connectivity index (χ2n) is 3.85. The molecule has 0 bridgehead atoms. The second kappa shape index (κ2) is 3.61. The zero-order valence-corrected chi connectivity index (χ0v) is 9.49. The third-order valence-electron chi connectivity index (χ3n) is 2.83. The van der Waals surface area contributed by atoms with E-state index in [9.17, 15) is 0 Å². The van der Waals surface area contributed by atoms with Crippen molar-refractivity contribution in [3.8, 4) is 0 Å². The number of aryl methyl sites for hydroxylation is 1. The Kier molecular flexibility index (Phi) is 2.23. The number of hydrogen-bond acceptors (Lipinski definition) is 3. The number of hydrogen-bond donors (Lipinski definition) is 0. The summed E-state index contributed by atoms with van der Waals surface area (Å²) >= 11 is 5.85. The summed E-state index contributed by atoms with van der Waals surface area (Å²) < 4.78 is 10.9. The van der Waals surface area contributed by atoms with Gasteiger partial charge in [0.25, 0.3) is 0 Å². The Morgan fingerprint density at radius 2 is 2.06 bits per heavy atom. The smallest absolute Gasteiger partial charge is 0.139 e. The van der Waals surface area contributed by atoms with Crippen molar-refractivity contribution in [1.82, 2.24) is 5.16 Å². The summed E-state index contributed by atoms with van der Waals surface area (Å²) in [7, 11) is 0. The number of ether oxygens (including phenoxy) is 1. The van der Waals surface area contributed by atoms with Crippen LogP contribution >= 0.6 is 11.6 Å². The van der Waals surface area contributed by atoms with Crippen molar-refractivity contribution in [3.05, 3.63) is 51.9 Å². The fourth-order valence-corrected chi connectivity index (χ4v) is 2.05. The van der Waals surface area contributed by atoms with Crippen molar-refractivity contribution in [3.63, 3.8) is 0 Å². The highest BCUT2D eigenvalue weighted by molar-refractivity contribution is 6.30. The summed E-state index contributed by atoms with van der Waals surface area (Å²) in [5, 5.41) is 4.76. The van der Waals surface area contributed by atoms with E-state index in [1.807, 2.05) is 31.2 Å². The monoisotopic (exact) mass is 235 g/mol. The molecule has 3 rings (SSSR count). The molecule has 2 aromatic rings. The van der Waals surface area contributed by atoms with Crippen LogP contribution in [-0.4, -0.2) is 5.16 Å². The van der Waals surface area contributed by atoms with Gasteiger partial charge in [-0.15, -0.1) is 0 Å². The molecule has 0 fully saturated rings. The molecule has 3 nitrogen and oxygen atoms in total. The van der Waals surface area contributed by atoms with Gasteiger partial charge in [-0.05, 0) is 24.6 Å². The lowest BCUT2D eigenvalue weighted by atomic mass is 10.1. The average molecular weight is 236 g/mol. The third-order valence-corrected chi connectivity index (χ3v) is 3.08. The Morgan fingerprint density at radius 1 is 1.31 bits per heavy atom. The van der Waals surface area contributed by atoms with Crippen LogP contribution in [0.25, 0.3) is 0 Å². The Labute approximate surface area is 98.0 Å². The van der Waals surface area contributed by atoms with Gasteiger partial charge in [0.1, 0.15) is 17.6 Å². The third kappa shape index (κ3) is 1.44. The first-order valence-electron chi connectivity index (χ1n) is 5.08. The van der Waals surface area contributed by atoms with E-state index in [2.05, 4.69) is 5.16 Å². The molecule has 2 heterocycles. The standard InChI is InChI=1S/C12H10ClNO2/c1-7-10-6-15-12(11(10)14-16-7)8-2-4-9(13)5-3-8/h2-5,12H,6H2,1H3. The summed E-state index contributed by atoms with van der Waals surface area (Å²) in [6, 6.07) is 7.61. The van der Waals surface area contributed by atoms with Gasteiger partial charge in [0, 0.05) is 10.6 Å².